The number of carbonyl (C=O) groups is 1. The van der Waals surface area contributed by atoms with Crippen LogP contribution in [0.5, 0.6) is 0 Å². The molecule has 0 aliphatic carbocycles. The van der Waals surface area contributed by atoms with E-state index >= 15 is 0 Å². The lowest BCUT2D eigenvalue weighted by atomic mass is 10.2. The number of rotatable bonds is 3. The Labute approximate surface area is 121 Å². The van der Waals surface area contributed by atoms with E-state index in [1.165, 1.54) is 6.07 Å². The molecule has 2 heterocycles. The summed E-state index contributed by atoms with van der Waals surface area (Å²) in [5, 5.41) is 7.41. The number of furan rings is 1. The van der Waals surface area contributed by atoms with E-state index in [9.17, 15) is 4.79 Å². The highest BCUT2D eigenvalue weighted by Crippen LogP contribution is 2.27. The molecule has 0 aliphatic rings. The van der Waals surface area contributed by atoms with Gasteiger partial charge < -0.3 is 15.1 Å². The van der Waals surface area contributed by atoms with Crippen molar-refractivity contribution in [3.63, 3.8) is 0 Å². The van der Waals surface area contributed by atoms with Crippen LogP contribution in [-0.2, 0) is 0 Å². The second-order valence-corrected chi connectivity index (χ2v) is 4.99. The number of benzene rings is 1. The molecule has 108 valence electrons. The molecule has 0 aliphatic heterocycles. The number of carbonyl (C=O) groups excluding carboxylic acids is 1. The summed E-state index contributed by atoms with van der Waals surface area (Å²) < 4.78 is 5.80. The van der Waals surface area contributed by atoms with E-state index in [2.05, 4.69) is 10.2 Å². The number of nitrogen functional groups attached to an aromatic ring is 1. The van der Waals surface area contributed by atoms with Gasteiger partial charge in [-0.1, -0.05) is 18.2 Å². The van der Waals surface area contributed by atoms with Gasteiger partial charge in [0.2, 0.25) is 0 Å². The van der Waals surface area contributed by atoms with E-state index in [1.807, 2.05) is 37.3 Å². The monoisotopic (exact) mass is 284 g/mol. The molecule has 1 aromatic carbocycles. The Kier molecular flexibility index (Phi) is 3.13. The molecule has 6 nitrogen and oxygen atoms in total. The van der Waals surface area contributed by atoms with Crippen LogP contribution in [0.25, 0.3) is 11.0 Å². The Bertz CT molecular complexity index is 757. The highest BCUT2D eigenvalue weighted by atomic mass is 16.3. The van der Waals surface area contributed by atoms with Crippen molar-refractivity contribution < 1.29 is 9.21 Å². The van der Waals surface area contributed by atoms with Crippen LogP contribution < -0.4 is 5.73 Å². The summed E-state index contributed by atoms with van der Waals surface area (Å²) >= 11 is 0. The maximum atomic E-state index is 12.3. The minimum absolute atomic E-state index is 0.188. The SMILES string of the molecule is CC(c1cc2ccccc2o1)N(C)C(=O)c1cc(N)n[nH]1. The molecule has 3 aromatic rings. The van der Waals surface area contributed by atoms with E-state index < -0.39 is 0 Å². The summed E-state index contributed by atoms with van der Waals surface area (Å²) in [6, 6.07) is 11.0. The Morgan fingerprint density at radius 1 is 1.38 bits per heavy atom. The van der Waals surface area contributed by atoms with E-state index in [1.54, 1.807) is 11.9 Å². The highest BCUT2D eigenvalue weighted by Gasteiger charge is 2.23. The molecule has 0 saturated heterocycles. The largest absolute Gasteiger partial charge is 0.459 e. The molecule has 0 bridgehead atoms. The molecular weight excluding hydrogens is 268 g/mol. The van der Waals surface area contributed by atoms with Gasteiger partial charge in [0.1, 0.15) is 22.9 Å². The zero-order valence-corrected chi connectivity index (χ0v) is 11.8. The lowest BCUT2D eigenvalue weighted by Crippen LogP contribution is -2.29. The fourth-order valence-corrected chi connectivity index (χ4v) is 2.21. The summed E-state index contributed by atoms with van der Waals surface area (Å²) in [7, 11) is 1.72. The van der Waals surface area contributed by atoms with Gasteiger partial charge in [-0.3, -0.25) is 9.89 Å². The Balaban J connectivity index is 1.86. The van der Waals surface area contributed by atoms with Gasteiger partial charge in [0.25, 0.3) is 5.91 Å². The lowest BCUT2D eigenvalue weighted by molar-refractivity contribution is 0.0721. The van der Waals surface area contributed by atoms with Crippen molar-refractivity contribution in [2.75, 3.05) is 12.8 Å². The van der Waals surface area contributed by atoms with Crippen LogP contribution >= 0.6 is 0 Å². The summed E-state index contributed by atoms with van der Waals surface area (Å²) in [5.74, 6) is 0.842. The topological polar surface area (TPSA) is 88.2 Å². The molecule has 2 aromatic heterocycles. The number of H-pyrrole nitrogens is 1. The van der Waals surface area contributed by atoms with Crippen LogP contribution in [0.15, 0.2) is 40.8 Å². The third-order valence-electron chi connectivity index (χ3n) is 3.59. The van der Waals surface area contributed by atoms with Crippen LogP contribution in [0.3, 0.4) is 0 Å². The average Bonchev–Trinajstić information content (AvgIpc) is 3.10. The number of hydrogen-bond donors (Lipinski definition) is 2. The summed E-state index contributed by atoms with van der Waals surface area (Å²) in [6.07, 6.45) is 0. The molecule has 3 rings (SSSR count). The van der Waals surface area contributed by atoms with Gasteiger partial charge in [0, 0.05) is 18.5 Å². The van der Waals surface area contributed by atoms with Crippen LogP contribution in [0.4, 0.5) is 5.82 Å². The third-order valence-corrected chi connectivity index (χ3v) is 3.59. The first-order valence-corrected chi connectivity index (χ1v) is 6.63. The maximum absolute atomic E-state index is 12.3. The molecule has 0 saturated carbocycles. The molecule has 0 spiro atoms. The summed E-state index contributed by atoms with van der Waals surface area (Å²) in [4.78, 5) is 13.9. The molecule has 3 N–H and O–H groups in total. The minimum Gasteiger partial charge on any atom is -0.459 e. The average molecular weight is 284 g/mol. The summed E-state index contributed by atoms with van der Waals surface area (Å²) in [6.45, 7) is 1.91. The number of fused-ring (bicyclic) bond motifs is 1. The van der Waals surface area contributed by atoms with Crippen molar-refractivity contribution in [2.24, 2.45) is 0 Å². The van der Waals surface area contributed by atoms with Crippen molar-refractivity contribution in [1.29, 1.82) is 0 Å². The fourth-order valence-electron chi connectivity index (χ4n) is 2.21. The number of para-hydroxylation sites is 1. The van der Waals surface area contributed by atoms with E-state index in [-0.39, 0.29) is 11.9 Å². The van der Waals surface area contributed by atoms with Crippen molar-refractivity contribution in [3.05, 3.63) is 47.9 Å². The van der Waals surface area contributed by atoms with E-state index in [4.69, 9.17) is 10.2 Å². The number of aromatic nitrogens is 2. The first-order chi connectivity index (χ1) is 10.1. The smallest absolute Gasteiger partial charge is 0.272 e. The van der Waals surface area contributed by atoms with Crippen LogP contribution in [0.2, 0.25) is 0 Å². The first-order valence-electron chi connectivity index (χ1n) is 6.63. The van der Waals surface area contributed by atoms with E-state index in [0.29, 0.717) is 11.5 Å². The highest BCUT2D eigenvalue weighted by molar-refractivity contribution is 5.93. The number of nitrogens with two attached hydrogens (primary N) is 1. The number of nitrogens with one attached hydrogen (secondary N) is 1. The molecule has 21 heavy (non-hydrogen) atoms. The third kappa shape index (κ3) is 2.35. The second kappa shape index (κ2) is 4.97. The standard InChI is InChI=1S/C15H16N4O2/c1-9(13-7-10-5-3-4-6-12(10)21-13)19(2)15(20)11-8-14(16)18-17-11/h3-9H,1-2H3,(H3,16,17,18). The molecule has 1 atom stereocenters. The van der Waals surface area contributed by atoms with Crippen molar-refractivity contribution in [1.82, 2.24) is 15.1 Å². The predicted molar refractivity (Wildman–Crippen MR) is 79.7 cm³/mol. The summed E-state index contributed by atoms with van der Waals surface area (Å²) in [5.41, 5.74) is 6.69. The van der Waals surface area contributed by atoms with Gasteiger partial charge in [0.05, 0.1) is 6.04 Å². The number of amides is 1. The van der Waals surface area contributed by atoms with Crippen molar-refractivity contribution >= 4 is 22.7 Å². The fraction of sp³-hybridized carbons (Fsp3) is 0.200. The van der Waals surface area contributed by atoms with Crippen LogP contribution in [0, 0.1) is 0 Å². The van der Waals surface area contributed by atoms with Gasteiger partial charge in [-0.2, -0.15) is 5.10 Å². The van der Waals surface area contributed by atoms with Crippen molar-refractivity contribution in [2.45, 2.75) is 13.0 Å². The van der Waals surface area contributed by atoms with Crippen LogP contribution in [-0.4, -0.2) is 28.1 Å². The molecule has 0 fully saturated rings. The minimum atomic E-state index is -0.200. The number of aromatic amines is 1. The van der Waals surface area contributed by atoms with Gasteiger partial charge in [-0.15, -0.1) is 0 Å². The predicted octanol–water partition coefficient (Wildman–Crippen LogP) is 2.57. The molecule has 0 radical (unpaired) electrons. The van der Waals surface area contributed by atoms with E-state index in [0.717, 1.165) is 16.7 Å². The first kappa shape index (κ1) is 13.2. The number of hydrogen-bond acceptors (Lipinski definition) is 4. The molecule has 1 unspecified atom stereocenters. The van der Waals surface area contributed by atoms with Gasteiger partial charge in [-0.05, 0) is 19.1 Å². The maximum Gasteiger partial charge on any atom is 0.272 e. The van der Waals surface area contributed by atoms with Gasteiger partial charge in [0.15, 0.2) is 0 Å². The normalized spacial score (nSPS) is 12.5. The number of nitrogens with zero attached hydrogens (tertiary/aromatic N) is 2. The van der Waals surface area contributed by atoms with Gasteiger partial charge >= 0.3 is 0 Å². The zero-order chi connectivity index (χ0) is 15.0. The van der Waals surface area contributed by atoms with Crippen molar-refractivity contribution in [3.8, 4) is 0 Å². The van der Waals surface area contributed by atoms with Crippen LogP contribution in [0.1, 0.15) is 29.2 Å². The molecule has 1 amide bonds. The number of anilines is 1. The quantitative estimate of drug-likeness (QED) is 0.773. The Hall–Kier alpha value is -2.76. The van der Waals surface area contributed by atoms with Gasteiger partial charge in [-0.25, -0.2) is 0 Å². The lowest BCUT2D eigenvalue weighted by Gasteiger charge is -2.22. The Morgan fingerprint density at radius 3 is 2.81 bits per heavy atom. The molecule has 6 heteroatoms. The Morgan fingerprint density at radius 2 is 2.14 bits per heavy atom. The molecular formula is C15H16N4O2. The zero-order valence-electron chi connectivity index (χ0n) is 11.8. The second-order valence-electron chi connectivity index (χ2n) is 4.99.